The Bertz CT molecular complexity index is 2380. The van der Waals surface area contributed by atoms with Crippen molar-refractivity contribution in [2.45, 2.75) is 106 Å². The summed E-state index contributed by atoms with van der Waals surface area (Å²) in [5.41, 5.74) is 15.0. The van der Waals surface area contributed by atoms with Gasteiger partial charge < -0.3 is 4.74 Å². The van der Waals surface area contributed by atoms with Crippen LogP contribution in [-0.2, 0) is 32.1 Å². The highest BCUT2D eigenvalue weighted by Gasteiger charge is 2.24. The fourth-order valence-electron chi connectivity index (χ4n) is 8.04. The van der Waals surface area contributed by atoms with Crippen LogP contribution in [0.25, 0.3) is 44.4 Å². The molecule has 5 nitrogen and oxygen atoms in total. The number of aryl methyl sites for hydroxylation is 5. The molecule has 0 saturated heterocycles. The van der Waals surface area contributed by atoms with E-state index in [1.807, 2.05) is 6.20 Å². The number of aromatic nitrogens is 4. The summed E-state index contributed by atoms with van der Waals surface area (Å²) in [4.78, 5) is 4.87. The van der Waals surface area contributed by atoms with E-state index in [9.17, 15) is 0 Å². The summed E-state index contributed by atoms with van der Waals surface area (Å²) >= 11 is 0. The van der Waals surface area contributed by atoms with Gasteiger partial charge in [0.15, 0.2) is 0 Å². The quantitative estimate of drug-likeness (QED) is 0.120. The average molecular weight is 703 g/mol. The standard InChI is InChI=1S/C48H54N4O/c1-9-14-17-33-22-23-49-46(26-33)51-44-19-16-15-18-40(44)41-21-20-38(30-45(41)51)53-39-28-36(31(6)7)27-37(29-39)52-43(13-5)48(42(12-4)50-52)47-34(10-2)24-32(8)25-35(47)11-3/h15-16,18-31H,9-14,17H2,1-8H3. The Labute approximate surface area is 315 Å². The Morgan fingerprint density at radius 3 is 2.15 bits per heavy atom. The van der Waals surface area contributed by atoms with E-state index in [1.165, 1.54) is 61.8 Å². The van der Waals surface area contributed by atoms with Crippen LogP contribution in [-0.4, -0.2) is 19.3 Å². The number of unbranched alkanes of at least 4 members (excludes halogenated alkanes) is 1. The van der Waals surface area contributed by atoms with E-state index in [2.05, 4.69) is 150 Å². The number of para-hydroxylation sites is 1. The fraction of sp³-hybridized carbons (Fsp3) is 0.333. The molecule has 3 aromatic heterocycles. The van der Waals surface area contributed by atoms with Crippen molar-refractivity contribution >= 4 is 21.8 Å². The van der Waals surface area contributed by atoms with Crippen molar-refractivity contribution in [1.29, 1.82) is 0 Å². The number of benzene rings is 4. The van der Waals surface area contributed by atoms with Crippen LogP contribution in [0.3, 0.4) is 0 Å². The summed E-state index contributed by atoms with van der Waals surface area (Å²) in [6, 6.07) is 30.8. The monoisotopic (exact) mass is 702 g/mol. The van der Waals surface area contributed by atoms with E-state index in [0.29, 0.717) is 5.92 Å². The Morgan fingerprint density at radius 2 is 1.45 bits per heavy atom. The lowest BCUT2D eigenvalue weighted by Crippen LogP contribution is -2.05. The number of ether oxygens (including phenoxy) is 1. The fourth-order valence-corrected chi connectivity index (χ4v) is 8.04. The molecule has 7 aromatic rings. The summed E-state index contributed by atoms with van der Waals surface area (Å²) in [5, 5.41) is 7.74. The zero-order valence-corrected chi connectivity index (χ0v) is 32.9. The first kappa shape index (κ1) is 36.2. The lowest BCUT2D eigenvalue weighted by atomic mass is 9.88. The number of hydrogen-bond acceptors (Lipinski definition) is 3. The highest BCUT2D eigenvalue weighted by atomic mass is 16.5. The summed E-state index contributed by atoms with van der Waals surface area (Å²) in [5.74, 6) is 2.85. The number of rotatable bonds is 13. The lowest BCUT2D eigenvalue weighted by molar-refractivity contribution is 0.481. The smallest absolute Gasteiger partial charge is 0.137 e. The second-order valence-electron chi connectivity index (χ2n) is 14.7. The van der Waals surface area contributed by atoms with Crippen molar-refractivity contribution < 1.29 is 4.74 Å². The van der Waals surface area contributed by atoms with Gasteiger partial charge in [-0.15, -0.1) is 0 Å². The van der Waals surface area contributed by atoms with E-state index < -0.39 is 0 Å². The van der Waals surface area contributed by atoms with E-state index >= 15 is 0 Å². The normalized spacial score (nSPS) is 11.7. The molecule has 3 heterocycles. The van der Waals surface area contributed by atoms with Gasteiger partial charge in [-0.2, -0.15) is 5.10 Å². The number of nitrogens with zero attached hydrogens (tertiary/aromatic N) is 4. The third-order valence-electron chi connectivity index (χ3n) is 10.7. The van der Waals surface area contributed by atoms with Crippen LogP contribution < -0.4 is 4.74 Å². The van der Waals surface area contributed by atoms with Crippen LogP contribution >= 0.6 is 0 Å². The summed E-state index contributed by atoms with van der Waals surface area (Å²) < 4.78 is 11.3. The zero-order valence-electron chi connectivity index (χ0n) is 32.9. The first-order valence-corrected chi connectivity index (χ1v) is 19.8. The van der Waals surface area contributed by atoms with Gasteiger partial charge in [-0.05, 0) is 122 Å². The third-order valence-corrected chi connectivity index (χ3v) is 10.7. The van der Waals surface area contributed by atoms with Crippen molar-refractivity contribution in [3.8, 4) is 34.1 Å². The number of fused-ring (bicyclic) bond motifs is 3. The maximum absolute atomic E-state index is 6.84. The van der Waals surface area contributed by atoms with Gasteiger partial charge in [0.1, 0.15) is 17.3 Å². The molecule has 0 amide bonds. The Balaban J connectivity index is 1.35. The SMILES string of the molecule is CCCCc1ccnc(-n2c3ccccc3c3ccc(Oc4cc(C(C)C)cc(-n5nc(CC)c(-c6c(CC)cc(C)cc6CC)c5CC)c4)cc32)c1. The molecule has 0 unspecified atom stereocenters. The van der Waals surface area contributed by atoms with Crippen molar-refractivity contribution in [3.63, 3.8) is 0 Å². The first-order chi connectivity index (χ1) is 25.8. The maximum Gasteiger partial charge on any atom is 0.137 e. The molecule has 0 radical (unpaired) electrons. The molecule has 0 bridgehead atoms. The predicted molar refractivity (Wildman–Crippen MR) is 223 cm³/mol. The second kappa shape index (κ2) is 15.4. The number of pyridine rings is 1. The molecular formula is C48H54N4O. The molecule has 53 heavy (non-hydrogen) atoms. The van der Waals surface area contributed by atoms with Gasteiger partial charge in [0.05, 0.1) is 28.1 Å². The Hall–Kier alpha value is -5.16. The largest absolute Gasteiger partial charge is 0.457 e. The maximum atomic E-state index is 6.84. The summed E-state index contributed by atoms with van der Waals surface area (Å²) in [6.07, 6.45) is 9.05. The van der Waals surface area contributed by atoms with Gasteiger partial charge in [0.2, 0.25) is 0 Å². The van der Waals surface area contributed by atoms with Crippen LogP contribution in [0.2, 0.25) is 0 Å². The molecule has 272 valence electrons. The van der Waals surface area contributed by atoms with Crippen molar-refractivity contribution in [1.82, 2.24) is 19.3 Å². The molecular weight excluding hydrogens is 649 g/mol. The minimum Gasteiger partial charge on any atom is -0.457 e. The molecule has 0 saturated carbocycles. The van der Waals surface area contributed by atoms with Gasteiger partial charge in [-0.3, -0.25) is 4.57 Å². The van der Waals surface area contributed by atoms with E-state index in [1.54, 1.807) is 0 Å². The number of hydrogen-bond donors (Lipinski definition) is 0. The molecule has 5 heteroatoms. The third kappa shape index (κ3) is 6.90. The predicted octanol–water partition coefficient (Wildman–Crippen LogP) is 12.8. The molecule has 0 aliphatic heterocycles. The minimum absolute atomic E-state index is 0.314. The van der Waals surface area contributed by atoms with Gasteiger partial charge >= 0.3 is 0 Å². The molecule has 0 N–H and O–H groups in total. The lowest BCUT2D eigenvalue weighted by Gasteiger charge is -2.18. The highest BCUT2D eigenvalue weighted by molar-refractivity contribution is 6.09. The first-order valence-electron chi connectivity index (χ1n) is 19.8. The zero-order chi connectivity index (χ0) is 37.2. The van der Waals surface area contributed by atoms with E-state index in [-0.39, 0.29) is 0 Å². The Kier molecular flexibility index (Phi) is 10.5. The minimum atomic E-state index is 0.314. The van der Waals surface area contributed by atoms with Gasteiger partial charge in [-0.1, -0.05) is 90.8 Å². The average Bonchev–Trinajstić information content (AvgIpc) is 3.71. The molecule has 4 aromatic carbocycles. The molecule has 0 aliphatic carbocycles. The van der Waals surface area contributed by atoms with Crippen LogP contribution in [0, 0.1) is 6.92 Å². The molecule has 0 fully saturated rings. The van der Waals surface area contributed by atoms with Gasteiger partial charge in [0.25, 0.3) is 0 Å². The van der Waals surface area contributed by atoms with Crippen LogP contribution in [0.15, 0.2) is 91.1 Å². The van der Waals surface area contributed by atoms with Crippen LogP contribution in [0.1, 0.15) is 106 Å². The van der Waals surface area contributed by atoms with Crippen LogP contribution in [0.4, 0.5) is 0 Å². The highest BCUT2D eigenvalue weighted by Crippen LogP contribution is 2.39. The molecule has 0 aliphatic rings. The van der Waals surface area contributed by atoms with Crippen molar-refractivity contribution in [3.05, 3.63) is 130 Å². The van der Waals surface area contributed by atoms with Gasteiger partial charge in [0, 0.05) is 34.7 Å². The second-order valence-corrected chi connectivity index (χ2v) is 14.7. The van der Waals surface area contributed by atoms with Crippen LogP contribution in [0.5, 0.6) is 11.5 Å². The van der Waals surface area contributed by atoms with E-state index in [4.69, 9.17) is 14.8 Å². The van der Waals surface area contributed by atoms with Crippen molar-refractivity contribution in [2.24, 2.45) is 0 Å². The summed E-state index contributed by atoms with van der Waals surface area (Å²) in [6.45, 7) is 18.0. The molecule has 0 spiro atoms. The molecule has 7 rings (SSSR count). The van der Waals surface area contributed by atoms with Crippen molar-refractivity contribution in [2.75, 3.05) is 0 Å². The molecule has 0 atom stereocenters. The summed E-state index contributed by atoms with van der Waals surface area (Å²) in [7, 11) is 0. The van der Waals surface area contributed by atoms with E-state index in [0.717, 1.165) is 78.3 Å². The van der Waals surface area contributed by atoms with Gasteiger partial charge in [-0.25, -0.2) is 9.67 Å². The topological polar surface area (TPSA) is 44.9 Å². The Morgan fingerprint density at radius 1 is 0.698 bits per heavy atom.